The van der Waals surface area contributed by atoms with Gasteiger partial charge < -0.3 is 15.0 Å². The van der Waals surface area contributed by atoms with Crippen LogP contribution >= 0.6 is 15.9 Å². The predicted octanol–water partition coefficient (Wildman–Crippen LogP) is 5.15. The van der Waals surface area contributed by atoms with Crippen LogP contribution in [0.15, 0.2) is 53.0 Å². The van der Waals surface area contributed by atoms with Crippen molar-refractivity contribution in [3.63, 3.8) is 0 Å². The largest absolute Gasteiger partial charge is 0.483 e. The van der Waals surface area contributed by atoms with Crippen LogP contribution in [-0.4, -0.2) is 41.9 Å². The summed E-state index contributed by atoms with van der Waals surface area (Å²) in [5, 5.41) is 3.03. The maximum absolute atomic E-state index is 13.2. The van der Waals surface area contributed by atoms with Gasteiger partial charge in [-0.3, -0.25) is 9.59 Å². The first kappa shape index (κ1) is 25.9. The molecule has 2 rings (SSSR count). The maximum atomic E-state index is 13.2. The van der Waals surface area contributed by atoms with E-state index in [0.717, 1.165) is 22.9 Å². The molecule has 0 heterocycles. The molecule has 0 bridgehead atoms. The summed E-state index contributed by atoms with van der Waals surface area (Å²) in [4.78, 5) is 27.9. The third-order valence-electron chi connectivity index (χ3n) is 5.63. The first-order valence-electron chi connectivity index (χ1n) is 11.4. The SMILES string of the molecule is CCc1ccc(OCC(=O)N(CCc2ccccc2)[C@H](CC)C(=O)N[C@H](C)CC)c(Br)c1. The van der Waals surface area contributed by atoms with Crippen molar-refractivity contribution < 1.29 is 14.3 Å². The van der Waals surface area contributed by atoms with Gasteiger partial charge in [0.1, 0.15) is 11.8 Å². The van der Waals surface area contributed by atoms with Crippen molar-refractivity contribution in [1.29, 1.82) is 0 Å². The molecule has 2 aromatic carbocycles. The van der Waals surface area contributed by atoms with E-state index in [2.05, 4.69) is 28.2 Å². The van der Waals surface area contributed by atoms with E-state index in [9.17, 15) is 9.59 Å². The number of carbonyl (C=O) groups excluding carboxylic acids is 2. The lowest BCUT2D eigenvalue weighted by Crippen LogP contribution is -2.52. The Morgan fingerprint density at radius 2 is 1.75 bits per heavy atom. The van der Waals surface area contributed by atoms with E-state index in [4.69, 9.17) is 4.74 Å². The number of ether oxygens (including phenoxy) is 1. The van der Waals surface area contributed by atoms with Crippen molar-refractivity contribution in [1.82, 2.24) is 10.2 Å². The van der Waals surface area contributed by atoms with Crippen LogP contribution in [0.4, 0.5) is 0 Å². The van der Waals surface area contributed by atoms with Crippen LogP contribution in [0.3, 0.4) is 0 Å². The van der Waals surface area contributed by atoms with Gasteiger partial charge >= 0.3 is 0 Å². The topological polar surface area (TPSA) is 58.6 Å². The highest BCUT2D eigenvalue weighted by Crippen LogP contribution is 2.26. The van der Waals surface area contributed by atoms with E-state index in [1.807, 2.05) is 69.3 Å². The first-order chi connectivity index (χ1) is 15.4. The average molecular weight is 503 g/mol. The molecular weight excluding hydrogens is 468 g/mol. The van der Waals surface area contributed by atoms with E-state index in [0.29, 0.717) is 25.1 Å². The van der Waals surface area contributed by atoms with Crippen LogP contribution in [0.2, 0.25) is 0 Å². The fourth-order valence-electron chi connectivity index (χ4n) is 3.44. The Kier molecular flexibility index (Phi) is 10.7. The molecule has 0 unspecified atom stereocenters. The number of nitrogens with one attached hydrogen (secondary N) is 1. The summed E-state index contributed by atoms with van der Waals surface area (Å²) in [6.45, 7) is 8.36. The molecule has 5 nitrogen and oxygen atoms in total. The fourth-order valence-corrected chi connectivity index (χ4v) is 3.98. The molecular formula is C26H35BrN2O3. The van der Waals surface area contributed by atoms with Gasteiger partial charge in [-0.25, -0.2) is 0 Å². The zero-order valence-corrected chi connectivity index (χ0v) is 21.2. The van der Waals surface area contributed by atoms with E-state index in [1.54, 1.807) is 4.90 Å². The smallest absolute Gasteiger partial charge is 0.261 e. The molecule has 1 N–H and O–H groups in total. The summed E-state index contributed by atoms with van der Waals surface area (Å²) in [5.74, 6) is 0.311. The molecule has 2 aromatic rings. The lowest BCUT2D eigenvalue weighted by Gasteiger charge is -2.31. The molecule has 0 aliphatic rings. The van der Waals surface area contributed by atoms with Gasteiger partial charge in [0.2, 0.25) is 5.91 Å². The van der Waals surface area contributed by atoms with E-state index < -0.39 is 6.04 Å². The van der Waals surface area contributed by atoms with Crippen LogP contribution in [-0.2, 0) is 22.4 Å². The van der Waals surface area contributed by atoms with Crippen molar-refractivity contribution in [3.05, 3.63) is 64.1 Å². The summed E-state index contributed by atoms with van der Waals surface area (Å²) < 4.78 is 6.66. The fraction of sp³-hybridized carbons (Fsp3) is 0.462. The minimum atomic E-state index is -0.533. The van der Waals surface area contributed by atoms with Gasteiger partial charge in [-0.2, -0.15) is 0 Å². The van der Waals surface area contributed by atoms with Crippen LogP contribution in [0.25, 0.3) is 0 Å². The second-order valence-electron chi connectivity index (χ2n) is 7.97. The highest BCUT2D eigenvalue weighted by molar-refractivity contribution is 9.10. The molecule has 0 fully saturated rings. The third-order valence-corrected chi connectivity index (χ3v) is 6.25. The van der Waals surface area contributed by atoms with Gasteiger partial charge in [0.25, 0.3) is 5.91 Å². The van der Waals surface area contributed by atoms with Crippen LogP contribution in [0.1, 0.15) is 51.7 Å². The number of rotatable bonds is 12. The zero-order valence-electron chi connectivity index (χ0n) is 19.6. The Morgan fingerprint density at radius 1 is 1.03 bits per heavy atom. The van der Waals surface area contributed by atoms with Crippen molar-refractivity contribution in [2.45, 2.75) is 65.5 Å². The molecule has 2 atom stereocenters. The molecule has 0 saturated heterocycles. The number of hydrogen-bond acceptors (Lipinski definition) is 3. The molecule has 0 aliphatic carbocycles. The molecule has 0 aromatic heterocycles. The number of aryl methyl sites for hydroxylation is 1. The minimum Gasteiger partial charge on any atom is -0.483 e. The van der Waals surface area contributed by atoms with Crippen molar-refractivity contribution in [2.24, 2.45) is 0 Å². The summed E-state index contributed by atoms with van der Waals surface area (Å²) in [6, 6.07) is 15.4. The molecule has 6 heteroatoms. The summed E-state index contributed by atoms with van der Waals surface area (Å²) >= 11 is 3.52. The number of halogens is 1. The minimum absolute atomic E-state index is 0.0620. The Morgan fingerprint density at radius 3 is 2.34 bits per heavy atom. The third kappa shape index (κ3) is 7.66. The number of nitrogens with zero attached hydrogens (tertiary/aromatic N) is 1. The average Bonchev–Trinajstić information content (AvgIpc) is 2.81. The van der Waals surface area contributed by atoms with Crippen molar-refractivity contribution in [3.8, 4) is 5.75 Å². The Hall–Kier alpha value is -2.34. The van der Waals surface area contributed by atoms with Gasteiger partial charge in [-0.15, -0.1) is 0 Å². The molecule has 32 heavy (non-hydrogen) atoms. The van der Waals surface area contributed by atoms with E-state index in [-0.39, 0.29) is 24.5 Å². The first-order valence-corrected chi connectivity index (χ1v) is 12.2. The molecule has 0 spiro atoms. The zero-order chi connectivity index (χ0) is 23.5. The molecule has 0 saturated carbocycles. The van der Waals surface area contributed by atoms with Crippen LogP contribution in [0.5, 0.6) is 5.75 Å². The van der Waals surface area contributed by atoms with Crippen molar-refractivity contribution in [2.75, 3.05) is 13.2 Å². The predicted molar refractivity (Wildman–Crippen MR) is 133 cm³/mol. The lowest BCUT2D eigenvalue weighted by atomic mass is 10.1. The second-order valence-corrected chi connectivity index (χ2v) is 8.83. The highest BCUT2D eigenvalue weighted by Gasteiger charge is 2.29. The van der Waals surface area contributed by atoms with Gasteiger partial charge in [0.05, 0.1) is 4.47 Å². The summed E-state index contributed by atoms with van der Waals surface area (Å²) in [6.07, 6.45) is 2.98. The summed E-state index contributed by atoms with van der Waals surface area (Å²) in [5.41, 5.74) is 2.31. The Labute approximate surface area is 200 Å². The summed E-state index contributed by atoms with van der Waals surface area (Å²) in [7, 11) is 0. The quantitative estimate of drug-likeness (QED) is 0.436. The van der Waals surface area contributed by atoms with Crippen molar-refractivity contribution >= 4 is 27.7 Å². The van der Waals surface area contributed by atoms with Crippen LogP contribution < -0.4 is 10.1 Å². The Balaban J connectivity index is 2.15. The van der Waals surface area contributed by atoms with Gasteiger partial charge in [0, 0.05) is 12.6 Å². The maximum Gasteiger partial charge on any atom is 0.261 e. The molecule has 0 aliphatic heterocycles. The standard InChI is InChI=1S/C26H35BrN2O3/c1-5-19(4)28-26(31)23(7-3)29(16-15-21-11-9-8-10-12-21)25(30)18-32-24-14-13-20(6-2)17-22(24)27/h8-14,17,19,23H,5-7,15-16,18H2,1-4H3,(H,28,31)/t19-,23-/m1/s1. The highest BCUT2D eigenvalue weighted by atomic mass is 79.9. The van der Waals surface area contributed by atoms with Gasteiger partial charge in [-0.05, 0) is 71.8 Å². The normalized spacial score (nSPS) is 12.7. The lowest BCUT2D eigenvalue weighted by molar-refractivity contribution is -0.142. The van der Waals surface area contributed by atoms with E-state index in [1.165, 1.54) is 5.56 Å². The van der Waals surface area contributed by atoms with E-state index >= 15 is 0 Å². The number of benzene rings is 2. The number of hydrogen-bond donors (Lipinski definition) is 1. The number of amides is 2. The van der Waals surface area contributed by atoms with Crippen LogP contribution in [0, 0.1) is 0 Å². The monoisotopic (exact) mass is 502 g/mol. The van der Waals surface area contributed by atoms with Gasteiger partial charge in [0.15, 0.2) is 6.61 Å². The Bertz CT molecular complexity index is 873. The molecule has 0 radical (unpaired) electrons. The second kappa shape index (κ2) is 13.3. The molecule has 174 valence electrons. The molecule has 2 amide bonds. The number of carbonyl (C=O) groups is 2. The van der Waals surface area contributed by atoms with Gasteiger partial charge in [-0.1, -0.05) is 57.2 Å².